The van der Waals surface area contributed by atoms with Gasteiger partial charge >= 0.3 is 5.97 Å². The lowest BCUT2D eigenvalue weighted by molar-refractivity contribution is -0.360. The minimum atomic E-state index is -3.34. The van der Waals surface area contributed by atoms with Gasteiger partial charge < -0.3 is 46.8 Å². The van der Waals surface area contributed by atoms with Gasteiger partial charge in [-0.3, -0.25) is 4.79 Å². The van der Waals surface area contributed by atoms with Gasteiger partial charge in [-0.1, -0.05) is 0 Å². The fourth-order valence-corrected chi connectivity index (χ4v) is 2.70. The third-order valence-corrected chi connectivity index (χ3v) is 4.39. The van der Waals surface area contributed by atoms with Gasteiger partial charge in [-0.2, -0.15) is 0 Å². The summed E-state index contributed by atoms with van der Waals surface area (Å²) in [6.07, 6.45) is -7.83. The monoisotopic (exact) mass is 338 g/mol. The molecule has 0 amide bonds. The number of hydrogen-bond acceptors (Lipinski definition) is 10. The van der Waals surface area contributed by atoms with Gasteiger partial charge in [-0.25, -0.2) is 4.79 Å². The number of carbonyl (C=O) groups excluding carboxylic acids is 1. The molecule has 1 fully saturated rings. The Morgan fingerprint density at radius 3 is 2.17 bits per heavy atom. The van der Waals surface area contributed by atoms with Crippen LogP contribution in [0.4, 0.5) is 0 Å². The van der Waals surface area contributed by atoms with Gasteiger partial charge in [0.2, 0.25) is 5.79 Å². The van der Waals surface area contributed by atoms with E-state index < -0.39 is 59.6 Å². The Hall–Kier alpha value is -1.18. The third kappa shape index (κ3) is 2.37. The summed E-state index contributed by atoms with van der Waals surface area (Å²) in [5.74, 6) is -6.47. The maximum absolute atomic E-state index is 12.0. The normalized spacial score (nSPS) is 41.9. The van der Waals surface area contributed by atoms with Crippen molar-refractivity contribution in [1.82, 2.24) is 0 Å². The fraction of sp³-hybridized carbons (Fsp3) is 0.833. The third-order valence-electron chi connectivity index (χ3n) is 4.39. The van der Waals surface area contributed by atoms with Crippen LogP contribution in [0.1, 0.15) is 13.8 Å². The molecule has 23 heavy (non-hydrogen) atoms. The summed E-state index contributed by atoms with van der Waals surface area (Å²) in [5, 5.41) is 59.1. The molecule has 0 aromatic rings. The second kappa shape index (κ2) is 6.03. The Balaban J connectivity index is 3.71. The van der Waals surface area contributed by atoms with E-state index in [9.17, 15) is 40.2 Å². The van der Waals surface area contributed by atoms with Crippen LogP contribution >= 0.6 is 0 Å². The van der Waals surface area contributed by atoms with Crippen LogP contribution in [0.2, 0.25) is 0 Å². The SMILES string of the molecule is CC(=O)[C@@]1(N)[C@@H](O)[C@H](O)[C@@H](CO)O[C@]1(O)C(N)(C(=O)O)C(C)O. The van der Waals surface area contributed by atoms with Crippen LogP contribution in [0.3, 0.4) is 0 Å². The zero-order valence-electron chi connectivity index (χ0n) is 12.6. The molecule has 0 aromatic heterocycles. The van der Waals surface area contributed by atoms with Gasteiger partial charge in [0.15, 0.2) is 16.9 Å². The van der Waals surface area contributed by atoms with Crippen LogP contribution in [-0.2, 0) is 14.3 Å². The number of carbonyl (C=O) groups is 2. The Morgan fingerprint density at radius 1 is 1.39 bits per heavy atom. The maximum atomic E-state index is 12.0. The molecule has 1 aliphatic heterocycles. The highest BCUT2D eigenvalue weighted by molar-refractivity contribution is 5.92. The van der Waals surface area contributed by atoms with Gasteiger partial charge in [0, 0.05) is 0 Å². The van der Waals surface area contributed by atoms with Crippen molar-refractivity contribution in [3.05, 3.63) is 0 Å². The highest BCUT2D eigenvalue weighted by Gasteiger charge is 2.75. The predicted octanol–water partition coefficient (Wildman–Crippen LogP) is -4.76. The van der Waals surface area contributed by atoms with Crippen molar-refractivity contribution < 1.29 is 45.0 Å². The first-order chi connectivity index (χ1) is 10.3. The number of aliphatic hydroxyl groups is 5. The average Bonchev–Trinajstić information content (AvgIpc) is 2.46. The number of aliphatic hydroxyl groups excluding tert-OH is 4. The molecular formula is C12H22N2O9. The molecule has 1 aliphatic rings. The van der Waals surface area contributed by atoms with Crippen molar-refractivity contribution in [3.63, 3.8) is 0 Å². The van der Waals surface area contributed by atoms with E-state index in [-0.39, 0.29) is 0 Å². The lowest BCUT2D eigenvalue weighted by atomic mass is 9.65. The number of ether oxygens (including phenoxy) is 1. The molecule has 0 bridgehead atoms. The molecule has 134 valence electrons. The van der Waals surface area contributed by atoms with E-state index in [4.69, 9.17) is 16.2 Å². The average molecular weight is 338 g/mol. The van der Waals surface area contributed by atoms with Crippen molar-refractivity contribution in [1.29, 1.82) is 0 Å². The number of aliphatic carboxylic acids is 1. The molecule has 0 radical (unpaired) electrons. The van der Waals surface area contributed by atoms with E-state index in [1.165, 1.54) is 0 Å². The number of nitrogens with two attached hydrogens (primary N) is 2. The Labute approximate surface area is 131 Å². The summed E-state index contributed by atoms with van der Waals surface area (Å²) in [6.45, 7) is 0.763. The summed E-state index contributed by atoms with van der Waals surface area (Å²) in [5.41, 5.74) is 5.38. The molecule has 0 aliphatic carbocycles. The molecule has 10 N–H and O–H groups in total. The first kappa shape index (κ1) is 19.9. The van der Waals surface area contributed by atoms with Crippen molar-refractivity contribution in [3.8, 4) is 0 Å². The molecular weight excluding hydrogens is 316 g/mol. The minimum Gasteiger partial charge on any atom is -0.480 e. The number of carboxylic acids is 1. The standard InChI is InChI=1S/C12H22N2O9/c1-4(16)10(13)8(19)7(18)6(3-15)23-12(10,22)11(14,5(2)17)9(20)21/h5-8,15,17-19,22H,3,13-14H2,1-2H3,(H,20,21)/t5?,6-,7-,8+,10-,11?,12+/m1/s1. The molecule has 0 aromatic carbocycles. The molecule has 11 heteroatoms. The summed E-state index contributed by atoms with van der Waals surface area (Å²) in [7, 11) is 0. The van der Waals surface area contributed by atoms with E-state index in [1.54, 1.807) is 0 Å². The Bertz CT molecular complexity index is 501. The second-order valence-electron chi connectivity index (χ2n) is 5.69. The number of hydrogen-bond donors (Lipinski definition) is 8. The topological polar surface area (TPSA) is 217 Å². The molecule has 0 saturated carbocycles. The van der Waals surface area contributed by atoms with Gasteiger partial charge in [0.25, 0.3) is 0 Å². The van der Waals surface area contributed by atoms with Crippen LogP contribution in [-0.4, -0.2) is 90.3 Å². The molecule has 11 nitrogen and oxygen atoms in total. The molecule has 1 heterocycles. The van der Waals surface area contributed by atoms with Gasteiger partial charge in [0.05, 0.1) is 12.7 Å². The highest BCUT2D eigenvalue weighted by Crippen LogP contribution is 2.43. The van der Waals surface area contributed by atoms with Crippen molar-refractivity contribution in [2.45, 2.75) is 55.1 Å². The van der Waals surface area contributed by atoms with Crippen LogP contribution in [0.25, 0.3) is 0 Å². The quantitative estimate of drug-likeness (QED) is 0.238. The molecule has 0 spiro atoms. The zero-order valence-corrected chi connectivity index (χ0v) is 12.6. The Morgan fingerprint density at radius 2 is 1.87 bits per heavy atom. The molecule has 2 unspecified atom stereocenters. The van der Waals surface area contributed by atoms with Gasteiger partial charge in [-0.05, 0) is 13.8 Å². The highest BCUT2D eigenvalue weighted by atomic mass is 16.7. The summed E-state index contributed by atoms with van der Waals surface area (Å²) >= 11 is 0. The van der Waals surface area contributed by atoms with E-state index >= 15 is 0 Å². The fourth-order valence-electron chi connectivity index (χ4n) is 2.70. The lowest BCUT2D eigenvalue weighted by Crippen LogP contribution is -2.90. The smallest absolute Gasteiger partial charge is 0.332 e. The maximum Gasteiger partial charge on any atom is 0.332 e. The predicted molar refractivity (Wildman–Crippen MR) is 72.8 cm³/mol. The zero-order chi connectivity index (χ0) is 18.4. The van der Waals surface area contributed by atoms with Crippen LogP contribution < -0.4 is 11.5 Å². The van der Waals surface area contributed by atoms with E-state index in [1.807, 2.05) is 0 Å². The largest absolute Gasteiger partial charge is 0.480 e. The first-order valence-electron chi connectivity index (χ1n) is 6.69. The number of ketones is 1. The van der Waals surface area contributed by atoms with Crippen LogP contribution in [0.15, 0.2) is 0 Å². The Kier molecular flexibility index (Phi) is 5.21. The number of Topliss-reactive ketones (excluding diaryl/α,β-unsaturated/α-hetero) is 1. The van der Waals surface area contributed by atoms with Crippen molar-refractivity contribution in [2.75, 3.05) is 6.61 Å². The summed E-state index contributed by atoms with van der Waals surface area (Å²) in [4.78, 5) is 23.5. The second-order valence-corrected chi connectivity index (χ2v) is 5.69. The van der Waals surface area contributed by atoms with Crippen molar-refractivity contribution in [2.24, 2.45) is 11.5 Å². The summed E-state index contributed by atoms with van der Waals surface area (Å²) in [6, 6.07) is 0. The molecule has 1 saturated heterocycles. The van der Waals surface area contributed by atoms with E-state index in [0.29, 0.717) is 0 Å². The van der Waals surface area contributed by atoms with Gasteiger partial charge in [-0.15, -0.1) is 0 Å². The number of rotatable bonds is 5. The minimum absolute atomic E-state index is 0.813. The van der Waals surface area contributed by atoms with Crippen LogP contribution in [0.5, 0.6) is 0 Å². The first-order valence-corrected chi connectivity index (χ1v) is 6.69. The summed E-state index contributed by atoms with van der Waals surface area (Å²) < 4.78 is 4.95. The van der Waals surface area contributed by atoms with Crippen LogP contribution in [0, 0.1) is 0 Å². The van der Waals surface area contributed by atoms with E-state index in [0.717, 1.165) is 13.8 Å². The lowest BCUT2D eigenvalue weighted by Gasteiger charge is -2.57. The molecule has 1 rings (SSSR count). The van der Waals surface area contributed by atoms with Gasteiger partial charge in [0.1, 0.15) is 18.3 Å². The van der Waals surface area contributed by atoms with E-state index in [2.05, 4.69) is 0 Å². The van der Waals surface area contributed by atoms with Crippen molar-refractivity contribution >= 4 is 11.8 Å². The molecule has 7 atom stereocenters. The number of carboxylic acid groups (broad SMARTS) is 1.